The second-order valence-electron chi connectivity index (χ2n) is 7.00. The lowest BCUT2D eigenvalue weighted by molar-refractivity contribution is 0.144. The summed E-state index contributed by atoms with van der Waals surface area (Å²) in [5.41, 5.74) is 0. The molecule has 2 heterocycles. The Labute approximate surface area is 129 Å². The van der Waals surface area contributed by atoms with E-state index in [1.807, 2.05) is 0 Å². The third kappa shape index (κ3) is 5.47. The van der Waals surface area contributed by atoms with E-state index in [0.29, 0.717) is 12.1 Å². The van der Waals surface area contributed by atoms with Gasteiger partial charge in [0, 0.05) is 18.6 Å². The van der Waals surface area contributed by atoms with E-state index in [1.165, 1.54) is 25.9 Å². The van der Waals surface area contributed by atoms with Crippen LogP contribution in [0.15, 0.2) is 0 Å². The summed E-state index contributed by atoms with van der Waals surface area (Å²) in [4.78, 5) is 16.8. The van der Waals surface area contributed by atoms with Crippen molar-refractivity contribution in [2.24, 2.45) is 5.92 Å². The largest absolute Gasteiger partial charge is 0.337 e. The van der Waals surface area contributed by atoms with Crippen molar-refractivity contribution in [1.82, 2.24) is 20.4 Å². The molecule has 0 aliphatic carbocycles. The fourth-order valence-corrected chi connectivity index (χ4v) is 3.23. The monoisotopic (exact) mass is 296 g/mol. The van der Waals surface area contributed by atoms with Crippen LogP contribution in [0, 0.1) is 5.92 Å². The van der Waals surface area contributed by atoms with Crippen molar-refractivity contribution in [2.45, 2.75) is 51.6 Å². The smallest absolute Gasteiger partial charge is 0.315 e. The van der Waals surface area contributed by atoms with Crippen molar-refractivity contribution in [3.63, 3.8) is 0 Å². The lowest BCUT2D eigenvalue weighted by atomic mass is 9.98. The number of rotatable bonds is 4. The molecule has 0 bridgehead atoms. The number of hydrogen-bond donors (Lipinski definition) is 2. The van der Waals surface area contributed by atoms with Crippen molar-refractivity contribution < 1.29 is 4.79 Å². The first-order valence-corrected chi connectivity index (χ1v) is 8.51. The van der Waals surface area contributed by atoms with Gasteiger partial charge in [-0.15, -0.1) is 0 Å². The summed E-state index contributed by atoms with van der Waals surface area (Å²) in [6, 6.07) is 0.773. The van der Waals surface area contributed by atoms with Crippen molar-refractivity contribution in [3.05, 3.63) is 0 Å². The van der Waals surface area contributed by atoms with E-state index in [4.69, 9.17) is 0 Å². The summed E-state index contributed by atoms with van der Waals surface area (Å²) >= 11 is 0. The van der Waals surface area contributed by atoms with Crippen LogP contribution in [0.25, 0.3) is 0 Å². The maximum absolute atomic E-state index is 12.0. The van der Waals surface area contributed by atoms with Gasteiger partial charge in [0.05, 0.1) is 0 Å². The fraction of sp³-hybridized carbons (Fsp3) is 0.938. The standard InChI is InChI=1S/C16H32N4O/c1-13-4-10-20(11-5-13)14(2)12-17-16(21)18-15-6-8-19(3)9-7-15/h13-15H,4-12H2,1-3H3,(H2,17,18,21). The molecular formula is C16H32N4O. The molecule has 122 valence electrons. The minimum Gasteiger partial charge on any atom is -0.337 e. The van der Waals surface area contributed by atoms with Gasteiger partial charge in [0.1, 0.15) is 0 Å². The normalized spacial score (nSPS) is 24.7. The van der Waals surface area contributed by atoms with E-state index in [1.54, 1.807) is 0 Å². The molecule has 2 aliphatic heterocycles. The van der Waals surface area contributed by atoms with E-state index >= 15 is 0 Å². The second kappa shape index (κ2) is 7.99. The molecule has 5 heteroatoms. The third-order valence-corrected chi connectivity index (χ3v) is 5.05. The van der Waals surface area contributed by atoms with Crippen LogP contribution in [-0.2, 0) is 0 Å². The predicted octanol–water partition coefficient (Wildman–Crippen LogP) is 1.50. The molecule has 0 radical (unpaired) electrons. The Morgan fingerprint density at radius 3 is 2.38 bits per heavy atom. The molecule has 0 aromatic rings. The van der Waals surface area contributed by atoms with E-state index in [9.17, 15) is 4.79 Å². The molecule has 2 rings (SSSR count). The Hall–Kier alpha value is -0.810. The van der Waals surface area contributed by atoms with Crippen LogP contribution >= 0.6 is 0 Å². The van der Waals surface area contributed by atoms with Gasteiger partial charge < -0.3 is 15.5 Å². The topological polar surface area (TPSA) is 47.6 Å². The number of carbonyl (C=O) groups is 1. The molecule has 0 saturated carbocycles. The van der Waals surface area contributed by atoms with Gasteiger partial charge in [-0.2, -0.15) is 0 Å². The molecule has 2 N–H and O–H groups in total. The van der Waals surface area contributed by atoms with Gasteiger partial charge >= 0.3 is 6.03 Å². The van der Waals surface area contributed by atoms with Crippen molar-refractivity contribution in [1.29, 1.82) is 0 Å². The Balaban J connectivity index is 1.62. The Kier molecular flexibility index (Phi) is 6.30. The highest BCUT2D eigenvalue weighted by molar-refractivity contribution is 5.74. The van der Waals surface area contributed by atoms with Crippen molar-refractivity contribution in [3.8, 4) is 0 Å². The maximum atomic E-state index is 12.0. The molecule has 21 heavy (non-hydrogen) atoms. The zero-order valence-electron chi connectivity index (χ0n) is 13.9. The molecule has 2 fully saturated rings. The number of nitrogens with one attached hydrogen (secondary N) is 2. The van der Waals surface area contributed by atoms with Crippen LogP contribution in [-0.4, -0.2) is 67.7 Å². The molecule has 5 nitrogen and oxygen atoms in total. The number of amides is 2. The molecule has 2 aliphatic rings. The van der Waals surface area contributed by atoms with Crippen LogP contribution < -0.4 is 10.6 Å². The highest BCUT2D eigenvalue weighted by Crippen LogP contribution is 2.17. The first-order valence-electron chi connectivity index (χ1n) is 8.51. The molecule has 2 saturated heterocycles. The van der Waals surface area contributed by atoms with Gasteiger partial charge in [-0.25, -0.2) is 4.79 Å². The van der Waals surface area contributed by atoms with Gasteiger partial charge in [0.25, 0.3) is 0 Å². The average molecular weight is 296 g/mol. The SMILES string of the molecule is CC1CCN(C(C)CNC(=O)NC2CCN(C)CC2)CC1. The molecule has 1 atom stereocenters. The van der Waals surface area contributed by atoms with Crippen LogP contribution in [0.3, 0.4) is 0 Å². The van der Waals surface area contributed by atoms with Gasteiger partial charge in [0.2, 0.25) is 0 Å². The summed E-state index contributed by atoms with van der Waals surface area (Å²) in [6.07, 6.45) is 4.69. The Morgan fingerprint density at radius 2 is 1.76 bits per heavy atom. The van der Waals surface area contributed by atoms with E-state index < -0.39 is 0 Å². The van der Waals surface area contributed by atoms with E-state index in [0.717, 1.165) is 38.4 Å². The minimum atomic E-state index is 0.00165. The second-order valence-corrected chi connectivity index (χ2v) is 7.00. The van der Waals surface area contributed by atoms with Crippen LogP contribution in [0.2, 0.25) is 0 Å². The fourth-order valence-electron chi connectivity index (χ4n) is 3.23. The van der Waals surface area contributed by atoms with Crippen molar-refractivity contribution in [2.75, 3.05) is 39.8 Å². The summed E-state index contributed by atoms with van der Waals surface area (Å²) in [5, 5.41) is 6.15. The van der Waals surface area contributed by atoms with Gasteiger partial charge in [-0.3, -0.25) is 4.90 Å². The first kappa shape index (κ1) is 16.6. The van der Waals surface area contributed by atoms with Crippen LogP contribution in [0.5, 0.6) is 0 Å². The van der Waals surface area contributed by atoms with Crippen LogP contribution in [0.4, 0.5) is 4.79 Å². The highest BCUT2D eigenvalue weighted by atomic mass is 16.2. The maximum Gasteiger partial charge on any atom is 0.315 e. The molecule has 0 aromatic heterocycles. The van der Waals surface area contributed by atoms with Gasteiger partial charge in [-0.05, 0) is 71.8 Å². The van der Waals surface area contributed by atoms with E-state index in [2.05, 4.69) is 41.3 Å². The predicted molar refractivity (Wildman–Crippen MR) is 86.5 cm³/mol. The number of carbonyl (C=O) groups excluding carboxylic acids is 1. The Bertz CT molecular complexity index is 320. The van der Waals surface area contributed by atoms with E-state index in [-0.39, 0.29) is 6.03 Å². The van der Waals surface area contributed by atoms with Gasteiger partial charge in [0.15, 0.2) is 0 Å². The zero-order valence-corrected chi connectivity index (χ0v) is 13.9. The number of hydrogen-bond acceptors (Lipinski definition) is 3. The minimum absolute atomic E-state index is 0.00165. The summed E-state index contributed by atoms with van der Waals surface area (Å²) in [6.45, 7) is 9.77. The molecule has 0 spiro atoms. The highest BCUT2D eigenvalue weighted by Gasteiger charge is 2.21. The lowest BCUT2D eigenvalue weighted by Crippen LogP contribution is -2.50. The number of urea groups is 1. The number of likely N-dealkylation sites (tertiary alicyclic amines) is 2. The Morgan fingerprint density at radius 1 is 1.14 bits per heavy atom. The lowest BCUT2D eigenvalue weighted by Gasteiger charge is -2.35. The molecule has 2 amide bonds. The average Bonchev–Trinajstić information content (AvgIpc) is 2.48. The van der Waals surface area contributed by atoms with Crippen LogP contribution in [0.1, 0.15) is 39.5 Å². The summed E-state index contributed by atoms with van der Waals surface area (Å²) in [5.74, 6) is 0.856. The first-order chi connectivity index (χ1) is 10.0. The summed E-state index contributed by atoms with van der Waals surface area (Å²) < 4.78 is 0. The number of piperidine rings is 2. The molecule has 0 aromatic carbocycles. The molecule has 1 unspecified atom stereocenters. The zero-order chi connectivity index (χ0) is 15.2. The molecular weight excluding hydrogens is 264 g/mol. The number of nitrogens with zero attached hydrogens (tertiary/aromatic N) is 2. The third-order valence-electron chi connectivity index (χ3n) is 5.05. The van der Waals surface area contributed by atoms with Gasteiger partial charge in [-0.1, -0.05) is 6.92 Å². The summed E-state index contributed by atoms with van der Waals surface area (Å²) in [7, 11) is 2.14. The van der Waals surface area contributed by atoms with Crippen molar-refractivity contribution >= 4 is 6.03 Å². The quantitative estimate of drug-likeness (QED) is 0.826.